The standard InChI is InChI=1S/C10H12F3N/c11-8-3-1-7(2-4-8)9(5-6-14)10(12)13/h1-4,9-10H,5-6,14H2. The van der Waals surface area contributed by atoms with Crippen LogP contribution in [0.1, 0.15) is 17.9 Å². The second-order valence-corrected chi connectivity index (χ2v) is 3.07. The van der Waals surface area contributed by atoms with Gasteiger partial charge in [0.1, 0.15) is 5.82 Å². The fourth-order valence-electron chi connectivity index (χ4n) is 1.33. The number of benzene rings is 1. The van der Waals surface area contributed by atoms with Crippen LogP contribution in [0.25, 0.3) is 0 Å². The Balaban J connectivity index is 2.82. The van der Waals surface area contributed by atoms with Crippen molar-refractivity contribution in [2.75, 3.05) is 6.54 Å². The van der Waals surface area contributed by atoms with Crippen LogP contribution in [-0.4, -0.2) is 13.0 Å². The van der Waals surface area contributed by atoms with Crippen LogP contribution in [0, 0.1) is 5.82 Å². The third kappa shape index (κ3) is 2.73. The molecule has 78 valence electrons. The molecule has 1 unspecified atom stereocenters. The van der Waals surface area contributed by atoms with Gasteiger partial charge in [0.25, 0.3) is 0 Å². The van der Waals surface area contributed by atoms with E-state index in [1.54, 1.807) is 0 Å². The largest absolute Gasteiger partial charge is 0.330 e. The molecule has 14 heavy (non-hydrogen) atoms. The highest BCUT2D eigenvalue weighted by Gasteiger charge is 2.21. The second-order valence-electron chi connectivity index (χ2n) is 3.07. The fraction of sp³-hybridized carbons (Fsp3) is 0.400. The van der Waals surface area contributed by atoms with Gasteiger partial charge in [0, 0.05) is 5.92 Å². The normalized spacial score (nSPS) is 13.2. The summed E-state index contributed by atoms with van der Waals surface area (Å²) >= 11 is 0. The van der Waals surface area contributed by atoms with Crippen molar-refractivity contribution in [1.29, 1.82) is 0 Å². The van der Waals surface area contributed by atoms with Gasteiger partial charge < -0.3 is 5.73 Å². The van der Waals surface area contributed by atoms with Crippen molar-refractivity contribution in [3.63, 3.8) is 0 Å². The zero-order chi connectivity index (χ0) is 10.6. The summed E-state index contributed by atoms with van der Waals surface area (Å²) in [6.45, 7) is 0.201. The number of nitrogens with two attached hydrogens (primary N) is 1. The highest BCUT2D eigenvalue weighted by molar-refractivity contribution is 5.21. The summed E-state index contributed by atoms with van der Waals surface area (Å²) in [4.78, 5) is 0. The van der Waals surface area contributed by atoms with E-state index >= 15 is 0 Å². The molecule has 1 aromatic rings. The molecule has 4 heteroatoms. The molecule has 0 aromatic heterocycles. The van der Waals surface area contributed by atoms with Crippen LogP contribution in [0.2, 0.25) is 0 Å². The summed E-state index contributed by atoms with van der Waals surface area (Å²) in [5.41, 5.74) is 5.66. The molecule has 0 aliphatic rings. The smallest absolute Gasteiger partial charge is 0.245 e. The van der Waals surface area contributed by atoms with E-state index in [2.05, 4.69) is 0 Å². The topological polar surface area (TPSA) is 26.0 Å². The van der Waals surface area contributed by atoms with Crippen LogP contribution in [0.3, 0.4) is 0 Å². The maximum Gasteiger partial charge on any atom is 0.245 e. The van der Waals surface area contributed by atoms with Crippen molar-refractivity contribution in [3.8, 4) is 0 Å². The van der Waals surface area contributed by atoms with E-state index in [-0.39, 0.29) is 13.0 Å². The van der Waals surface area contributed by atoms with E-state index in [0.717, 1.165) is 0 Å². The van der Waals surface area contributed by atoms with Crippen LogP contribution in [0.4, 0.5) is 13.2 Å². The average molecular weight is 203 g/mol. The predicted octanol–water partition coefficient (Wildman–Crippen LogP) is 2.52. The molecule has 0 fully saturated rings. The minimum absolute atomic E-state index is 0.201. The van der Waals surface area contributed by atoms with Crippen LogP contribution in [0.15, 0.2) is 24.3 Å². The van der Waals surface area contributed by atoms with Gasteiger partial charge in [-0.3, -0.25) is 0 Å². The molecule has 2 N–H and O–H groups in total. The molecule has 0 aliphatic carbocycles. The molecule has 0 bridgehead atoms. The molecule has 1 nitrogen and oxygen atoms in total. The van der Waals surface area contributed by atoms with Gasteiger partial charge in [-0.15, -0.1) is 0 Å². The molecule has 0 amide bonds. The maximum absolute atomic E-state index is 12.5. The summed E-state index contributed by atoms with van der Waals surface area (Å²) in [7, 11) is 0. The first-order valence-electron chi connectivity index (χ1n) is 4.39. The van der Waals surface area contributed by atoms with Crippen molar-refractivity contribution in [3.05, 3.63) is 35.6 Å². The van der Waals surface area contributed by atoms with Crippen LogP contribution in [0.5, 0.6) is 0 Å². The molecule has 0 heterocycles. The number of hydrogen-bond acceptors (Lipinski definition) is 1. The number of rotatable bonds is 4. The number of alkyl halides is 2. The lowest BCUT2D eigenvalue weighted by molar-refractivity contribution is 0.111. The Kier molecular flexibility index (Phi) is 3.95. The van der Waals surface area contributed by atoms with Gasteiger partial charge in [-0.25, -0.2) is 13.2 Å². The first kappa shape index (κ1) is 11.0. The quantitative estimate of drug-likeness (QED) is 0.799. The number of hydrogen-bond donors (Lipinski definition) is 1. The van der Waals surface area contributed by atoms with Crippen LogP contribution >= 0.6 is 0 Å². The van der Waals surface area contributed by atoms with E-state index in [0.29, 0.717) is 5.56 Å². The predicted molar refractivity (Wildman–Crippen MR) is 48.8 cm³/mol. The zero-order valence-corrected chi connectivity index (χ0v) is 7.59. The Morgan fingerprint density at radius 3 is 2.14 bits per heavy atom. The highest BCUT2D eigenvalue weighted by Crippen LogP contribution is 2.26. The zero-order valence-electron chi connectivity index (χ0n) is 7.59. The van der Waals surface area contributed by atoms with Crippen molar-refractivity contribution in [1.82, 2.24) is 0 Å². The molecule has 1 rings (SSSR count). The van der Waals surface area contributed by atoms with Crippen LogP contribution < -0.4 is 5.73 Å². The summed E-state index contributed by atoms with van der Waals surface area (Å²) in [6.07, 6.45) is -2.24. The van der Waals surface area contributed by atoms with Gasteiger partial charge >= 0.3 is 0 Å². The molecule has 0 aliphatic heterocycles. The molecule has 0 radical (unpaired) electrons. The molecule has 0 saturated carbocycles. The average Bonchev–Trinajstić information content (AvgIpc) is 2.15. The molecular weight excluding hydrogens is 191 g/mol. The van der Waals surface area contributed by atoms with Gasteiger partial charge in [-0.2, -0.15) is 0 Å². The lowest BCUT2D eigenvalue weighted by Gasteiger charge is -2.15. The minimum Gasteiger partial charge on any atom is -0.330 e. The van der Waals surface area contributed by atoms with Gasteiger partial charge in [-0.05, 0) is 30.7 Å². The van der Waals surface area contributed by atoms with Crippen molar-refractivity contribution in [2.24, 2.45) is 5.73 Å². The molecule has 0 spiro atoms. The van der Waals surface area contributed by atoms with Gasteiger partial charge in [0.15, 0.2) is 0 Å². The maximum atomic E-state index is 12.5. The molecular formula is C10H12F3N. The van der Waals surface area contributed by atoms with Crippen molar-refractivity contribution < 1.29 is 13.2 Å². The fourth-order valence-corrected chi connectivity index (χ4v) is 1.33. The summed E-state index contributed by atoms with van der Waals surface area (Å²) < 4.78 is 37.6. The summed E-state index contributed by atoms with van der Waals surface area (Å²) in [5, 5.41) is 0. The highest BCUT2D eigenvalue weighted by atomic mass is 19.3. The lowest BCUT2D eigenvalue weighted by atomic mass is 9.96. The van der Waals surface area contributed by atoms with E-state index < -0.39 is 18.2 Å². The van der Waals surface area contributed by atoms with Crippen molar-refractivity contribution in [2.45, 2.75) is 18.8 Å². The van der Waals surface area contributed by atoms with Gasteiger partial charge in [0.2, 0.25) is 6.43 Å². The van der Waals surface area contributed by atoms with Gasteiger partial charge in [0.05, 0.1) is 0 Å². The van der Waals surface area contributed by atoms with E-state index in [1.165, 1.54) is 24.3 Å². The van der Waals surface area contributed by atoms with E-state index in [1.807, 2.05) is 0 Å². The molecule has 0 saturated heterocycles. The SMILES string of the molecule is NCCC(c1ccc(F)cc1)C(F)F. The third-order valence-electron chi connectivity index (χ3n) is 2.08. The van der Waals surface area contributed by atoms with E-state index in [4.69, 9.17) is 5.73 Å². The first-order chi connectivity index (χ1) is 6.65. The Hall–Kier alpha value is -1.03. The van der Waals surface area contributed by atoms with Crippen molar-refractivity contribution >= 4 is 0 Å². The monoisotopic (exact) mass is 203 g/mol. The molecule has 1 atom stereocenters. The number of halogens is 3. The Morgan fingerprint density at radius 2 is 1.71 bits per heavy atom. The Morgan fingerprint density at radius 1 is 1.14 bits per heavy atom. The third-order valence-corrected chi connectivity index (χ3v) is 2.08. The van der Waals surface area contributed by atoms with E-state index in [9.17, 15) is 13.2 Å². The second kappa shape index (κ2) is 5.00. The molecule has 1 aromatic carbocycles. The summed E-state index contributed by atoms with van der Waals surface area (Å²) in [5.74, 6) is -1.31. The minimum atomic E-state index is -2.45. The van der Waals surface area contributed by atoms with Gasteiger partial charge in [-0.1, -0.05) is 12.1 Å². The Labute approximate surface area is 80.7 Å². The summed E-state index contributed by atoms with van der Waals surface area (Å²) in [6, 6.07) is 5.12. The first-order valence-corrected chi connectivity index (χ1v) is 4.39. The lowest BCUT2D eigenvalue weighted by Crippen LogP contribution is -2.14. The Bertz CT molecular complexity index is 271. The van der Waals surface area contributed by atoms with Crippen LogP contribution in [-0.2, 0) is 0 Å².